The van der Waals surface area contributed by atoms with Crippen LogP contribution in [0.1, 0.15) is 39.0 Å². The van der Waals surface area contributed by atoms with Crippen molar-refractivity contribution in [1.82, 2.24) is 4.90 Å². The Morgan fingerprint density at radius 2 is 2.00 bits per heavy atom. The van der Waals surface area contributed by atoms with Crippen LogP contribution < -0.4 is 0 Å². The normalized spacial score (nSPS) is 28.7. The van der Waals surface area contributed by atoms with Crippen LogP contribution in [0.5, 0.6) is 0 Å². The molecule has 5 heteroatoms. The van der Waals surface area contributed by atoms with Crippen LogP contribution in [0.3, 0.4) is 0 Å². The highest BCUT2D eigenvalue weighted by Crippen LogP contribution is 2.35. The molecule has 2 atom stereocenters. The lowest BCUT2D eigenvalue weighted by atomic mass is 10.0. The predicted octanol–water partition coefficient (Wildman–Crippen LogP) is 1.46. The van der Waals surface area contributed by atoms with E-state index in [2.05, 4.69) is 6.92 Å². The SMILES string of the molecule is CC(C1CC1)N(C)C(=O)CC1CCCS(=O)(=O)C1. The Morgan fingerprint density at radius 3 is 2.56 bits per heavy atom. The maximum Gasteiger partial charge on any atom is 0.222 e. The minimum atomic E-state index is -2.90. The van der Waals surface area contributed by atoms with E-state index in [4.69, 9.17) is 0 Å². The van der Waals surface area contributed by atoms with Crippen molar-refractivity contribution in [1.29, 1.82) is 0 Å². The molecule has 4 nitrogen and oxygen atoms in total. The Balaban J connectivity index is 1.86. The molecule has 0 aromatic carbocycles. The smallest absolute Gasteiger partial charge is 0.222 e. The lowest BCUT2D eigenvalue weighted by Crippen LogP contribution is -2.38. The number of carbonyl (C=O) groups excluding carboxylic acids is 1. The van der Waals surface area contributed by atoms with Crippen LogP contribution in [0.25, 0.3) is 0 Å². The molecule has 2 aliphatic rings. The highest BCUT2D eigenvalue weighted by molar-refractivity contribution is 7.91. The van der Waals surface area contributed by atoms with Gasteiger partial charge in [-0.3, -0.25) is 4.79 Å². The lowest BCUT2D eigenvalue weighted by Gasteiger charge is -2.28. The topological polar surface area (TPSA) is 54.5 Å². The van der Waals surface area contributed by atoms with Crippen molar-refractivity contribution >= 4 is 15.7 Å². The van der Waals surface area contributed by atoms with Gasteiger partial charge in [0.05, 0.1) is 11.5 Å². The largest absolute Gasteiger partial charge is 0.343 e. The zero-order valence-electron chi connectivity index (χ0n) is 11.3. The summed E-state index contributed by atoms with van der Waals surface area (Å²) in [5.41, 5.74) is 0. The average Bonchev–Trinajstić information content (AvgIpc) is 3.09. The van der Waals surface area contributed by atoms with E-state index in [0.717, 1.165) is 6.42 Å². The summed E-state index contributed by atoms with van der Waals surface area (Å²) in [5.74, 6) is 1.30. The second-order valence-electron chi connectivity index (χ2n) is 5.91. The van der Waals surface area contributed by atoms with Crippen LogP contribution in [0.15, 0.2) is 0 Å². The summed E-state index contributed by atoms with van der Waals surface area (Å²) >= 11 is 0. The standard InChI is InChI=1S/C13H23NO3S/c1-10(12-5-6-12)14(2)13(15)8-11-4-3-7-18(16,17)9-11/h10-12H,3-9H2,1-2H3. The number of nitrogens with zero attached hydrogens (tertiary/aromatic N) is 1. The van der Waals surface area contributed by atoms with E-state index in [1.54, 1.807) is 0 Å². The molecule has 1 aliphatic carbocycles. The Labute approximate surface area is 110 Å². The second kappa shape index (κ2) is 5.19. The summed E-state index contributed by atoms with van der Waals surface area (Å²) in [7, 11) is -1.05. The molecule has 2 fully saturated rings. The number of amides is 1. The number of hydrogen-bond donors (Lipinski definition) is 0. The Morgan fingerprint density at radius 1 is 1.33 bits per heavy atom. The molecule has 18 heavy (non-hydrogen) atoms. The summed E-state index contributed by atoms with van der Waals surface area (Å²) < 4.78 is 23.1. The second-order valence-corrected chi connectivity index (χ2v) is 8.14. The third-order valence-corrected chi connectivity index (χ3v) is 6.22. The van der Waals surface area contributed by atoms with Crippen molar-refractivity contribution < 1.29 is 13.2 Å². The molecule has 0 bridgehead atoms. The number of sulfone groups is 1. The molecular weight excluding hydrogens is 250 g/mol. The minimum absolute atomic E-state index is 0.0325. The molecule has 1 aliphatic heterocycles. The third kappa shape index (κ3) is 3.46. The van der Waals surface area contributed by atoms with E-state index in [0.29, 0.717) is 30.6 Å². The quantitative estimate of drug-likeness (QED) is 0.779. The predicted molar refractivity (Wildman–Crippen MR) is 71.0 cm³/mol. The number of carbonyl (C=O) groups is 1. The summed E-state index contributed by atoms with van der Waals surface area (Å²) in [6.07, 6.45) is 4.42. The van der Waals surface area contributed by atoms with Crippen LogP contribution in [-0.2, 0) is 14.6 Å². The maximum absolute atomic E-state index is 12.1. The van der Waals surface area contributed by atoms with Crippen LogP contribution in [0.2, 0.25) is 0 Å². The summed E-state index contributed by atoms with van der Waals surface area (Å²) in [6.45, 7) is 2.09. The van der Waals surface area contributed by atoms with Crippen molar-refractivity contribution in [2.24, 2.45) is 11.8 Å². The Kier molecular flexibility index (Phi) is 3.99. The van der Waals surface area contributed by atoms with Gasteiger partial charge >= 0.3 is 0 Å². The first-order chi connectivity index (χ1) is 8.39. The third-order valence-electron chi connectivity index (χ3n) is 4.33. The lowest BCUT2D eigenvalue weighted by molar-refractivity contribution is -0.133. The number of rotatable bonds is 4. The van der Waals surface area contributed by atoms with Gasteiger partial charge in [-0.2, -0.15) is 0 Å². The molecule has 1 amide bonds. The van der Waals surface area contributed by atoms with Gasteiger partial charge in [0, 0.05) is 19.5 Å². The highest BCUT2D eigenvalue weighted by atomic mass is 32.2. The van der Waals surface area contributed by atoms with Crippen LogP contribution in [-0.4, -0.2) is 43.8 Å². The van der Waals surface area contributed by atoms with Crippen LogP contribution in [0.4, 0.5) is 0 Å². The fraction of sp³-hybridized carbons (Fsp3) is 0.923. The van der Waals surface area contributed by atoms with Crippen molar-refractivity contribution in [2.45, 2.75) is 45.1 Å². The van der Waals surface area contributed by atoms with Gasteiger partial charge in [-0.05, 0) is 44.4 Å². The molecule has 0 radical (unpaired) electrons. The molecule has 0 N–H and O–H groups in total. The van der Waals surface area contributed by atoms with E-state index < -0.39 is 9.84 Å². The molecule has 1 heterocycles. The Bertz CT molecular complexity index is 414. The average molecular weight is 273 g/mol. The molecule has 2 rings (SSSR count). The van der Waals surface area contributed by atoms with Gasteiger partial charge in [-0.15, -0.1) is 0 Å². The van der Waals surface area contributed by atoms with E-state index in [9.17, 15) is 13.2 Å². The summed E-state index contributed by atoms with van der Waals surface area (Å²) in [5, 5.41) is 0. The van der Waals surface area contributed by atoms with Crippen molar-refractivity contribution in [3.05, 3.63) is 0 Å². The van der Waals surface area contributed by atoms with E-state index in [1.807, 2.05) is 11.9 Å². The Hall–Kier alpha value is -0.580. The molecular formula is C13H23NO3S. The van der Waals surface area contributed by atoms with Gasteiger partial charge in [-0.1, -0.05) is 0 Å². The monoisotopic (exact) mass is 273 g/mol. The first-order valence-electron chi connectivity index (χ1n) is 6.85. The van der Waals surface area contributed by atoms with Crippen molar-refractivity contribution in [3.63, 3.8) is 0 Å². The van der Waals surface area contributed by atoms with Gasteiger partial charge in [0.25, 0.3) is 0 Å². The fourth-order valence-electron chi connectivity index (χ4n) is 2.79. The van der Waals surface area contributed by atoms with Crippen LogP contribution >= 0.6 is 0 Å². The number of hydrogen-bond acceptors (Lipinski definition) is 3. The molecule has 104 valence electrons. The maximum atomic E-state index is 12.1. The molecule has 2 unspecified atom stereocenters. The first-order valence-corrected chi connectivity index (χ1v) is 8.67. The van der Waals surface area contributed by atoms with Gasteiger partial charge in [0.1, 0.15) is 0 Å². The van der Waals surface area contributed by atoms with Gasteiger partial charge in [0.2, 0.25) is 5.91 Å². The minimum Gasteiger partial charge on any atom is -0.343 e. The molecule has 1 saturated carbocycles. The van der Waals surface area contributed by atoms with Gasteiger partial charge in [-0.25, -0.2) is 8.42 Å². The van der Waals surface area contributed by atoms with Crippen LogP contribution in [0, 0.1) is 11.8 Å². The first kappa shape index (κ1) is 13.8. The van der Waals surface area contributed by atoms with Crippen molar-refractivity contribution in [3.8, 4) is 0 Å². The molecule has 1 saturated heterocycles. The highest BCUT2D eigenvalue weighted by Gasteiger charge is 2.34. The molecule has 0 aromatic rings. The van der Waals surface area contributed by atoms with E-state index in [1.165, 1.54) is 12.8 Å². The van der Waals surface area contributed by atoms with E-state index >= 15 is 0 Å². The van der Waals surface area contributed by atoms with Crippen molar-refractivity contribution in [2.75, 3.05) is 18.6 Å². The molecule has 0 spiro atoms. The zero-order valence-corrected chi connectivity index (χ0v) is 12.1. The zero-order chi connectivity index (χ0) is 13.3. The van der Waals surface area contributed by atoms with E-state index in [-0.39, 0.29) is 17.6 Å². The van der Waals surface area contributed by atoms with Gasteiger partial charge < -0.3 is 4.90 Å². The molecule has 0 aromatic heterocycles. The van der Waals surface area contributed by atoms with Gasteiger partial charge in [0.15, 0.2) is 9.84 Å². The fourth-order valence-corrected chi connectivity index (χ4v) is 4.57. The summed E-state index contributed by atoms with van der Waals surface area (Å²) in [6, 6.07) is 0.303. The summed E-state index contributed by atoms with van der Waals surface area (Å²) in [4.78, 5) is 13.9.